The van der Waals surface area contributed by atoms with E-state index >= 15 is 0 Å². The van der Waals surface area contributed by atoms with E-state index in [1.807, 2.05) is 0 Å². The van der Waals surface area contributed by atoms with Crippen molar-refractivity contribution >= 4 is 23.8 Å². The minimum Gasteiger partial charge on any atom is -0.447 e. The molecule has 0 aromatic rings. The lowest BCUT2D eigenvalue weighted by Crippen LogP contribution is -2.70. The van der Waals surface area contributed by atoms with E-state index in [9.17, 15) is 19.2 Å². The highest BCUT2D eigenvalue weighted by atomic mass is 16.6. The Morgan fingerprint density at radius 2 is 1.07 bits per heavy atom. The minimum atomic E-state index is -0.877. The number of carbonyl (C=O) groups excluding carboxylic acids is 4. The van der Waals surface area contributed by atoms with Crippen LogP contribution < -0.4 is 0 Å². The molecule has 0 aromatic heterocycles. The van der Waals surface area contributed by atoms with Gasteiger partial charge in [0.05, 0.1) is 13.2 Å². The van der Waals surface area contributed by atoms with Crippen LogP contribution in [-0.4, -0.2) is 147 Å². The van der Waals surface area contributed by atoms with E-state index < -0.39 is 23.3 Å². The molecule has 8 aliphatic rings. The number of methoxy groups -OCH3 is 2. The highest BCUT2D eigenvalue weighted by molar-refractivity contribution is 5.93. The molecule has 0 aromatic carbocycles. The van der Waals surface area contributed by atoms with Gasteiger partial charge in [-0.1, -0.05) is 0 Å². The van der Waals surface area contributed by atoms with Crippen molar-refractivity contribution in [1.82, 2.24) is 19.6 Å². The summed E-state index contributed by atoms with van der Waals surface area (Å²) < 4.78 is 22.3. The predicted molar refractivity (Wildman–Crippen MR) is 145 cm³/mol. The van der Waals surface area contributed by atoms with E-state index in [2.05, 4.69) is 9.80 Å². The molecular weight excluding hydrogens is 532 g/mol. The molecule has 8 aliphatic heterocycles. The average molecular weight is 577 g/mol. The Kier molecular flexibility index (Phi) is 7.80. The Morgan fingerprint density at radius 1 is 0.659 bits per heavy atom. The van der Waals surface area contributed by atoms with Gasteiger partial charge in [0, 0.05) is 83.8 Å². The van der Waals surface area contributed by atoms with Crippen molar-refractivity contribution < 1.29 is 38.1 Å². The molecule has 0 N–H and O–H groups in total. The fourth-order valence-electron chi connectivity index (χ4n) is 8.34. The Labute approximate surface area is 241 Å². The van der Waals surface area contributed by atoms with Crippen LogP contribution in [0.3, 0.4) is 0 Å². The molecule has 0 unspecified atom stereocenters. The van der Waals surface area contributed by atoms with Crippen LogP contribution >= 0.6 is 0 Å². The molecule has 0 saturated carbocycles. The molecule has 4 bridgehead atoms. The van der Waals surface area contributed by atoms with E-state index in [4.69, 9.17) is 18.9 Å². The number of piperidine rings is 7. The van der Waals surface area contributed by atoms with Crippen molar-refractivity contribution in [2.24, 2.45) is 17.3 Å². The third-order valence-electron chi connectivity index (χ3n) is 10.9. The topological polar surface area (TPSA) is 118 Å². The third kappa shape index (κ3) is 4.84. The van der Waals surface area contributed by atoms with Crippen LogP contribution in [0.25, 0.3) is 0 Å². The molecule has 8 fully saturated rings. The lowest BCUT2D eigenvalue weighted by molar-refractivity contribution is -0.160. The maximum atomic E-state index is 13.1. The summed E-state index contributed by atoms with van der Waals surface area (Å²) >= 11 is 0. The van der Waals surface area contributed by atoms with E-state index in [-0.39, 0.29) is 55.2 Å². The lowest BCUT2D eigenvalue weighted by atomic mass is 9.72. The standard InChI is InChI=1S/C29H44N4O8/c1-38-17-28(23(34)21-3-9-32(28)10-4-21)19-40-25(36)30-13-7-27(8-14-30)15-31(16-27)26(37)41-20-29(18-39-2)24(35)22-5-11-33(29)12-6-22/h21-22H,3-20H2,1-2H3/t28-,29-/m0/s1. The Hall–Kier alpha value is -2.28. The number of ketones is 2. The molecule has 12 heteroatoms. The van der Waals surface area contributed by atoms with Crippen molar-refractivity contribution in [3.05, 3.63) is 0 Å². The molecule has 1 spiro atoms. The van der Waals surface area contributed by atoms with E-state index in [1.54, 1.807) is 24.0 Å². The number of Topliss-reactive ketones (excluding diaryl/α,β-unsaturated/α-hetero) is 2. The van der Waals surface area contributed by atoms with Crippen LogP contribution in [0.5, 0.6) is 0 Å². The highest BCUT2D eigenvalue weighted by Gasteiger charge is 2.56. The number of hydrogen-bond acceptors (Lipinski definition) is 10. The summed E-state index contributed by atoms with van der Waals surface area (Å²) in [6, 6.07) is 0. The Balaban J connectivity index is 0.969. The molecule has 0 aliphatic carbocycles. The summed E-state index contributed by atoms with van der Waals surface area (Å²) in [6.45, 7) is 6.02. The Bertz CT molecular complexity index is 1040. The van der Waals surface area contributed by atoms with Crippen molar-refractivity contribution in [3.63, 3.8) is 0 Å². The molecular formula is C29H44N4O8. The van der Waals surface area contributed by atoms with Crippen molar-refractivity contribution in [1.29, 1.82) is 0 Å². The molecule has 2 amide bonds. The monoisotopic (exact) mass is 576 g/mol. The molecule has 2 atom stereocenters. The van der Waals surface area contributed by atoms with Gasteiger partial charge in [0.1, 0.15) is 24.3 Å². The minimum absolute atomic E-state index is 0.0154. The molecule has 8 saturated heterocycles. The van der Waals surface area contributed by atoms with Gasteiger partial charge in [0.15, 0.2) is 11.6 Å². The van der Waals surface area contributed by atoms with Crippen LogP contribution in [-0.2, 0) is 28.5 Å². The normalized spacial score (nSPS) is 37.3. The zero-order valence-electron chi connectivity index (χ0n) is 24.4. The van der Waals surface area contributed by atoms with Gasteiger partial charge in [-0.05, 0) is 38.5 Å². The molecule has 12 nitrogen and oxygen atoms in total. The van der Waals surface area contributed by atoms with Crippen LogP contribution in [0.4, 0.5) is 9.59 Å². The molecule has 228 valence electrons. The van der Waals surface area contributed by atoms with E-state index in [0.29, 0.717) is 26.2 Å². The van der Waals surface area contributed by atoms with Gasteiger partial charge in [-0.25, -0.2) is 9.59 Å². The zero-order chi connectivity index (χ0) is 28.8. The second-order valence-electron chi connectivity index (χ2n) is 13.1. The number of amides is 2. The molecule has 8 heterocycles. The second kappa shape index (κ2) is 11.1. The Morgan fingerprint density at radius 3 is 1.46 bits per heavy atom. The van der Waals surface area contributed by atoms with Gasteiger partial charge >= 0.3 is 12.2 Å². The van der Waals surface area contributed by atoms with Gasteiger partial charge in [-0.3, -0.25) is 19.4 Å². The van der Waals surface area contributed by atoms with E-state index in [1.165, 1.54) is 0 Å². The number of likely N-dealkylation sites (tertiary alicyclic amines) is 2. The third-order valence-corrected chi connectivity index (χ3v) is 10.9. The molecule has 41 heavy (non-hydrogen) atoms. The number of hydrogen-bond donors (Lipinski definition) is 0. The first-order valence-electron chi connectivity index (χ1n) is 15.2. The number of nitrogens with zero attached hydrogens (tertiary/aromatic N) is 4. The SMILES string of the molecule is COC[C@]1(COC(=O)N2CCC3(CC2)CN(C(=O)OC[C@@]2(COC)C(=O)C4CCN2CC4)C3)C(=O)C2CCN1CC2. The maximum Gasteiger partial charge on any atom is 0.409 e. The fourth-order valence-corrected chi connectivity index (χ4v) is 8.34. The summed E-state index contributed by atoms with van der Waals surface area (Å²) in [5.41, 5.74) is -1.79. The summed E-state index contributed by atoms with van der Waals surface area (Å²) in [6.07, 6.45) is 4.20. The number of fused-ring (bicyclic) bond motifs is 6. The van der Waals surface area contributed by atoms with Crippen LogP contribution in [0.15, 0.2) is 0 Å². The highest BCUT2D eigenvalue weighted by Crippen LogP contribution is 2.42. The second-order valence-corrected chi connectivity index (χ2v) is 13.1. The van der Waals surface area contributed by atoms with Gasteiger partial charge in [0.2, 0.25) is 0 Å². The quantitative estimate of drug-likeness (QED) is 0.414. The molecule has 8 rings (SSSR count). The number of rotatable bonds is 8. The van der Waals surface area contributed by atoms with Gasteiger partial charge < -0.3 is 28.7 Å². The van der Waals surface area contributed by atoms with Crippen molar-refractivity contribution in [2.75, 3.05) is 93.0 Å². The first kappa shape index (κ1) is 28.8. The summed E-state index contributed by atoms with van der Waals surface area (Å²) in [5.74, 6) is 0.321. The first-order chi connectivity index (χ1) is 19.8. The number of ether oxygens (including phenoxy) is 4. The molecule has 0 radical (unpaired) electrons. The lowest BCUT2D eigenvalue weighted by Gasteiger charge is -2.54. The summed E-state index contributed by atoms with van der Waals surface area (Å²) in [7, 11) is 3.16. The zero-order valence-corrected chi connectivity index (χ0v) is 24.4. The van der Waals surface area contributed by atoms with Gasteiger partial charge in [0.25, 0.3) is 0 Å². The number of carbonyl (C=O) groups is 4. The summed E-state index contributed by atoms with van der Waals surface area (Å²) in [4.78, 5) is 59.9. The van der Waals surface area contributed by atoms with Crippen LogP contribution in [0, 0.1) is 17.3 Å². The first-order valence-corrected chi connectivity index (χ1v) is 15.2. The fraction of sp³-hybridized carbons (Fsp3) is 0.862. The van der Waals surface area contributed by atoms with Crippen LogP contribution in [0.1, 0.15) is 38.5 Å². The predicted octanol–water partition coefficient (Wildman–Crippen LogP) is 1.02. The average Bonchev–Trinajstić information content (AvgIpc) is 2.98. The van der Waals surface area contributed by atoms with Gasteiger partial charge in [-0.15, -0.1) is 0 Å². The maximum absolute atomic E-state index is 13.1. The van der Waals surface area contributed by atoms with Gasteiger partial charge in [-0.2, -0.15) is 0 Å². The van der Waals surface area contributed by atoms with Crippen molar-refractivity contribution in [3.8, 4) is 0 Å². The van der Waals surface area contributed by atoms with E-state index in [0.717, 1.165) is 64.7 Å². The smallest absolute Gasteiger partial charge is 0.409 e. The van der Waals surface area contributed by atoms with Crippen LogP contribution in [0.2, 0.25) is 0 Å². The van der Waals surface area contributed by atoms with Crippen molar-refractivity contribution in [2.45, 2.75) is 49.6 Å². The summed E-state index contributed by atoms with van der Waals surface area (Å²) in [5, 5.41) is 0. The largest absolute Gasteiger partial charge is 0.447 e.